The number of aliphatic hydroxyl groups is 7. The number of hydrogen-bond donors (Lipinski definition) is 10. The number of rotatable bonds is 6. The molecule has 10 atom stereocenters. The maximum absolute atomic E-state index is 13.1. The van der Waals surface area contributed by atoms with Crippen molar-refractivity contribution in [2.45, 2.75) is 61.4 Å². The van der Waals surface area contributed by atoms with Gasteiger partial charge in [0.15, 0.2) is 29.5 Å². The van der Waals surface area contributed by atoms with E-state index in [4.69, 9.17) is 23.4 Å². The Kier molecular flexibility index (Phi) is 8.52. The van der Waals surface area contributed by atoms with Crippen LogP contribution in [-0.2, 0) is 14.2 Å². The summed E-state index contributed by atoms with van der Waals surface area (Å²) in [5, 5.41) is 103. The van der Waals surface area contributed by atoms with E-state index in [2.05, 4.69) is 0 Å². The van der Waals surface area contributed by atoms with Crippen LogP contribution in [0.2, 0.25) is 0 Å². The fourth-order valence-corrected chi connectivity index (χ4v) is 5.14. The summed E-state index contributed by atoms with van der Waals surface area (Å²) in [6.45, 7) is -0.793. The average molecular weight is 611 g/mol. The van der Waals surface area contributed by atoms with Gasteiger partial charge in [-0.1, -0.05) is 0 Å². The summed E-state index contributed by atoms with van der Waals surface area (Å²) in [6.07, 6.45) is -18.6. The number of aliphatic hydroxyl groups excluding tert-OH is 7. The summed E-state index contributed by atoms with van der Waals surface area (Å²) in [5.41, 5.74) is -1.34. The van der Waals surface area contributed by atoms with Crippen molar-refractivity contribution in [3.05, 3.63) is 46.1 Å². The molecule has 2 aliphatic heterocycles. The molecule has 0 radical (unpaired) electrons. The van der Waals surface area contributed by atoms with E-state index in [0.29, 0.717) is 5.56 Å². The molecule has 0 aliphatic carbocycles. The van der Waals surface area contributed by atoms with Crippen LogP contribution in [0, 0.1) is 0 Å². The molecule has 0 spiro atoms. The molecule has 0 amide bonds. The molecular formula is C27H30O16. The van der Waals surface area contributed by atoms with Crippen LogP contribution in [0.25, 0.3) is 22.3 Å². The third-order valence-corrected chi connectivity index (χ3v) is 7.46. The van der Waals surface area contributed by atoms with E-state index in [9.17, 15) is 55.9 Å². The Balaban J connectivity index is 1.51. The van der Waals surface area contributed by atoms with Gasteiger partial charge in [-0.25, -0.2) is 0 Å². The summed E-state index contributed by atoms with van der Waals surface area (Å²) in [7, 11) is 1.32. The van der Waals surface area contributed by atoms with Crippen molar-refractivity contribution in [1.82, 2.24) is 0 Å². The Morgan fingerprint density at radius 2 is 1.56 bits per heavy atom. The maximum atomic E-state index is 13.1. The Morgan fingerprint density at radius 3 is 2.23 bits per heavy atom. The number of phenolic OH excluding ortho intramolecular Hbond substituents is 3. The zero-order chi connectivity index (χ0) is 31.3. The summed E-state index contributed by atoms with van der Waals surface area (Å²) in [5.74, 6) is -1.74. The summed E-state index contributed by atoms with van der Waals surface area (Å²) >= 11 is 0. The van der Waals surface area contributed by atoms with Crippen LogP contribution in [0.5, 0.6) is 23.0 Å². The van der Waals surface area contributed by atoms with Gasteiger partial charge in [0.05, 0.1) is 19.3 Å². The van der Waals surface area contributed by atoms with E-state index in [-0.39, 0.29) is 22.8 Å². The van der Waals surface area contributed by atoms with E-state index in [1.54, 1.807) is 0 Å². The van der Waals surface area contributed by atoms with Crippen LogP contribution in [0.1, 0.15) is 11.7 Å². The minimum atomic E-state index is -2.11. The maximum Gasteiger partial charge on any atom is 0.197 e. The van der Waals surface area contributed by atoms with Crippen molar-refractivity contribution >= 4 is 11.0 Å². The van der Waals surface area contributed by atoms with Gasteiger partial charge < -0.3 is 74.4 Å². The predicted molar refractivity (Wildman–Crippen MR) is 140 cm³/mol. The van der Waals surface area contributed by atoms with Crippen LogP contribution in [0.3, 0.4) is 0 Å². The molecule has 10 unspecified atom stereocenters. The van der Waals surface area contributed by atoms with Gasteiger partial charge in [0.25, 0.3) is 0 Å². The van der Waals surface area contributed by atoms with Crippen LogP contribution in [-0.4, -0.2) is 120 Å². The second kappa shape index (κ2) is 11.9. The summed E-state index contributed by atoms with van der Waals surface area (Å²) in [4.78, 5) is 13.1. The SMILES string of the molecule is COc1cc(-c2cc(=O)c3c(O)c(C4OC(O)C(O)C(OC5OC(CO)C(O)C(O)C5O)C4O)c(O)cc3o2)ccc1O. The molecule has 16 heteroatoms. The van der Waals surface area contributed by atoms with Crippen molar-refractivity contribution in [2.75, 3.05) is 13.7 Å². The molecule has 5 rings (SSSR count). The van der Waals surface area contributed by atoms with Gasteiger partial charge in [-0.05, 0) is 18.2 Å². The number of hydrogen-bond acceptors (Lipinski definition) is 16. The molecule has 2 aromatic carbocycles. The molecule has 2 fully saturated rings. The number of methoxy groups -OCH3 is 1. The molecule has 2 aliphatic rings. The van der Waals surface area contributed by atoms with Gasteiger partial charge in [0, 0.05) is 17.7 Å². The lowest BCUT2D eigenvalue weighted by molar-refractivity contribution is -0.355. The number of ether oxygens (including phenoxy) is 4. The molecule has 43 heavy (non-hydrogen) atoms. The molecule has 2 saturated heterocycles. The summed E-state index contributed by atoms with van der Waals surface area (Å²) < 4.78 is 26.7. The van der Waals surface area contributed by atoms with Crippen molar-refractivity contribution < 1.29 is 74.4 Å². The molecule has 0 saturated carbocycles. The first kappa shape index (κ1) is 30.9. The molecule has 0 bridgehead atoms. The van der Waals surface area contributed by atoms with E-state index >= 15 is 0 Å². The highest BCUT2D eigenvalue weighted by molar-refractivity contribution is 5.88. The van der Waals surface area contributed by atoms with Gasteiger partial charge in [-0.15, -0.1) is 0 Å². The number of fused-ring (bicyclic) bond motifs is 1. The Bertz CT molecular complexity index is 1540. The number of benzene rings is 2. The average Bonchev–Trinajstić information content (AvgIpc) is 2.97. The standard InChI is InChI=1S/C27H30O16/c1-39-13-4-8(2-3-9(13)29)12-5-10(30)16-14(40-12)6-11(31)17(19(16)33)24-22(36)25(23(37)26(38)42-24)43-27-21(35)20(34)18(32)15(7-28)41-27/h2-6,15,18,20-29,31-38H,7H2,1H3. The first-order valence-electron chi connectivity index (χ1n) is 12.9. The molecule has 234 valence electrons. The summed E-state index contributed by atoms with van der Waals surface area (Å²) in [6, 6.07) is 6.11. The first-order valence-corrected chi connectivity index (χ1v) is 12.9. The Morgan fingerprint density at radius 1 is 0.837 bits per heavy atom. The quantitative estimate of drug-likeness (QED) is 0.143. The van der Waals surface area contributed by atoms with Gasteiger partial charge in [0.2, 0.25) is 0 Å². The van der Waals surface area contributed by atoms with Gasteiger partial charge in [0.1, 0.15) is 77.1 Å². The van der Waals surface area contributed by atoms with Crippen LogP contribution >= 0.6 is 0 Å². The smallest absolute Gasteiger partial charge is 0.197 e. The number of phenols is 3. The van der Waals surface area contributed by atoms with Gasteiger partial charge in [-0.2, -0.15) is 0 Å². The number of aromatic hydroxyl groups is 3. The van der Waals surface area contributed by atoms with Crippen molar-refractivity contribution in [3.63, 3.8) is 0 Å². The zero-order valence-corrected chi connectivity index (χ0v) is 22.3. The van der Waals surface area contributed by atoms with Gasteiger partial charge >= 0.3 is 0 Å². The zero-order valence-electron chi connectivity index (χ0n) is 22.3. The highest BCUT2D eigenvalue weighted by atomic mass is 16.7. The monoisotopic (exact) mass is 610 g/mol. The topological polar surface area (TPSA) is 269 Å². The lowest BCUT2D eigenvalue weighted by Gasteiger charge is -2.45. The van der Waals surface area contributed by atoms with Crippen molar-refractivity contribution in [2.24, 2.45) is 0 Å². The molecular weight excluding hydrogens is 580 g/mol. The fourth-order valence-electron chi connectivity index (χ4n) is 5.14. The molecule has 16 nitrogen and oxygen atoms in total. The molecule has 1 aromatic heterocycles. The Labute approximate surface area is 241 Å². The second-order valence-corrected chi connectivity index (χ2v) is 10.1. The second-order valence-electron chi connectivity index (χ2n) is 10.1. The molecule has 3 heterocycles. The highest BCUT2D eigenvalue weighted by Gasteiger charge is 2.51. The van der Waals surface area contributed by atoms with Crippen LogP contribution < -0.4 is 10.2 Å². The first-order chi connectivity index (χ1) is 20.4. The fraction of sp³-hybridized carbons (Fsp3) is 0.444. The van der Waals surface area contributed by atoms with Crippen molar-refractivity contribution in [1.29, 1.82) is 0 Å². The van der Waals surface area contributed by atoms with E-state index < -0.39 is 95.9 Å². The third-order valence-electron chi connectivity index (χ3n) is 7.46. The Hall–Kier alpha value is -3.55. The lowest BCUT2D eigenvalue weighted by Crippen LogP contribution is -2.63. The van der Waals surface area contributed by atoms with E-state index in [0.717, 1.165) is 12.1 Å². The minimum absolute atomic E-state index is 0.0113. The van der Waals surface area contributed by atoms with Crippen LogP contribution in [0.15, 0.2) is 39.5 Å². The molecule has 10 N–H and O–H groups in total. The van der Waals surface area contributed by atoms with Gasteiger partial charge in [-0.3, -0.25) is 4.79 Å². The highest BCUT2D eigenvalue weighted by Crippen LogP contribution is 2.45. The predicted octanol–water partition coefficient (Wildman–Crippen LogP) is -2.12. The normalized spacial score (nSPS) is 33.0. The van der Waals surface area contributed by atoms with E-state index in [1.807, 2.05) is 0 Å². The van der Waals surface area contributed by atoms with E-state index in [1.165, 1.54) is 25.3 Å². The minimum Gasteiger partial charge on any atom is -0.507 e. The van der Waals surface area contributed by atoms with Crippen LogP contribution in [0.4, 0.5) is 0 Å². The van der Waals surface area contributed by atoms with Crippen molar-refractivity contribution in [3.8, 4) is 34.3 Å². The third kappa shape index (κ3) is 5.38. The largest absolute Gasteiger partial charge is 0.507 e. The lowest BCUT2D eigenvalue weighted by atomic mass is 9.91. The molecule has 3 aromatic rings.